The van der Waals surface area contributed by atoms with Crippen molar-refractivity contribution in [3.63, 3.8) is 0 Å². The predicted octanol–water partition coefficient (Wildman–Crippen LogP) is 4.26. The number of aryl methyl sites for hydroxylation is 1. The molecule has 6 heteroatoms. The smallest absolute Gasteiger partial charge is 0.267 e. The molecule has 1 aromatic carbocycles. The molecule has 0 spiro atoms. The normalized spacial score (nSPS) is 11.8. The van der Waals surface area contributed by atoms with E-state index in [1.807, 2.05) is 38.1 Å². The van der Waals surface area contributed by atoms with Gasteiger partial charge >= 0.3 is 0 Å². The first-order valence-corrected chi connectivity index (χ1v) is 8.23. The molecule has 0 saturated heterocycles. The molecule has 2 N–H and O–H groups in total. The zero-order chi connectivity index (χ0) is 16.1. The van der Waals surface area contributed by atoms with E-state index in [9.17, 15) is 9.59 Å². The molecule has 22 heavy (non-hydrogen) atoms. The van der Waals surface area contributed by atoms with Crippen molar-refractivity contribution in [1.29, 1.82) is 0 Å². The summed E-state index contributed by atoms with van der Waals surface area (Å²) in [5.41, 5.74) is 2.27. The van der Waals surface area contributed by atoms with Gasteiger partial charge in [0.15, 0.2) is 0 Å². The number of carbonyl (C=O) groups is 2. The Morgan fingerprint density at radius 1 is 1.27 bits per heavy atom. The second-order valence-electron chi connectivity index (χ2n) is 4.85. The van der Waals surface area contributed by atoms with Crippen LogP contribution in [0.5, 0.6) is 0 Å². The van der Waals surface area contributed by atoms with E-state index in [-0.39, 0.29) is 11.8 Å². The summed E-state index contributed by atoms with van der Waals surface area (Å²) in [6.07, 6.45) is 0.530. The molecule has 4 nitrogen and oxygen atoms in total. The fraction of sp³-hybridized carbons (Fsp3) is 0.250. The van der Waals surface area contributed by atoms with Crippen LogP contribution in [-0.4, -0.2) is 17.2 Å². The standard InChI is InChI=1S/C16H17ClN2O2S/c1-3-12(17)15(20)19-13-7-8-22-14(13)16(21)18-11-6-4-5-10(2)9-11/h4-9,12H,3H2,1-2H3,(H,18,21)(H,19,20). The van der Waals surface area contributed by atoms with E-state index >= 15 is 0 Å². The maximum Gasteiger partial charge on any atom is 0.267 e. The third-order valence-electron chi connectivity index (χ3n) is 3.05. The van der Waals surface area contributed by atoms with Crippen LogP contribution in [-0.2, 0) is 4.79 Å². The number of nitrogens with one attached hydrogen (secondary N) is 2. The highest BCUT2D eigenvalue weighted by molar-refractivity contribution is 7.12. The fourth-order valence-corrected chi connectivity index (χ4v) is 2.69. The Morgan fingerprint density at radius 3 is 2.73 bits per heavy atom. The van der Waals surface area contributed by atoms with E-state index in [0.29, 0.717) is 17.0 Å². The van der Waals surface area contributed by atoms with Gasteiger partial charge in [-0.15, -0.1) is 22.9 Å². The first-order chi connectivity index (χ1) is 10.5. The maximum absolute atomic E-state index is 12.3. The van der Waals surface area contributed by atoms with E-state index in [1.54, 1.807) is 11.4 Å². The lowest BCUT2D eigenvalue weighted by Gasteiger charge is -2.10. The van der Waals surface area contributed by atoms with Crippen molar-refractivity contribution in [2.45, 2.75) is 25.6 Å². The molecule has 0 fully saturated rings. The number of amides is 2. The molecule has 0 radical (unpaired) electrons. The monoisotopic (exact) mass is 336 g/mol. The lowest BCUT2D eigenvalue weighted by atomic mass is 10.2. The highest BCUT2D eigenvalue weighted by Gasteiger charge is 2.18. The van der Waals surface area contributed by atoms with Crippen LogP contribution < -0.4 is 10.6 Å². The van der Waals surface area contributed by atoms with Crippen molar-refractivity contribution < 1.29 is 9.59 Å². The number of anilines is 2. The molecule has 0 bridgehead atoms. The van der Waals surface area contributed by atoms with Crippen LogP contribution in [0.25, 0.3) is 0 Å². The summed E-state index contributed by atoms with van der Waals surface area (Å²) in [6, 6.07) is 9.24. The Kier molecular flexibility index (Phi) is 5.57. The average molecular weight is 337 g/mol. The molecule has 0 aliphatic heterocycles. The lowest BCUT2D eigenvalue weighted by molar-refractivity contribution is -0.115. The molecule has 0 aliphatic carbocycles. The molecule has 2 amide bonds. The van der Waals surface area contributed by atoms with E-state index in [0.717, 1.165) is 11.3 Å². The van der Waals surface area contributed by atoms with Gasteiger partial charge in [-0.3, -0.25) is 9.59 Å². The van der Waals surface area contributed by atoms with Crippen LogP contribution in [0.3, 0.4) is 0 Å². The number of hydrogen-bond donors (Lipinski definition) is 2. The number of alkyl halides is 1. The number of carbonyl (C=O) groups excluding carboxylic acids is 2. The summed E-state index contributed by atoms with van der Waals surface area (Å²) in [5, 5.41) is 6.68. The van der Waals surface area contributed by atoms with Gasteiger partial charge < -0.3 is 10.6 Å². The van der Waals surface area contributed by atoms with Gasteiger partial charge in [-0.25, -0.2) is 0 Å². The van der Waals surface area contributed by atoms with Gasteiger partial charge in [0.2, 0.25) is 5.91 Å². The van der Waals surface area contributed by atoms with Crippen molar-refractivity contribution >= 4 is 46.1 Å². The number of hydrogen-bond acceptors (Lipinski definition) is 3. The van der Waals surface area contributed by atoms with Gasteiger partial charge in [0.05, 0.1) is 5.69 Å². The fourth-order valence-electron chi connectivity index (χ4n) is 1.89. The molecule has 2 rings (SSSR count). The maximum atomic E-state index is 12.3. The summed E-state index contributed by atoms with van der Waals surface area (Å²) < 4.78 is 0. The third kappa shape index (κ3) is 4.08. The second-order valence-corrected chi connectivity index (χ2v) is 6.29. The molecular weight excluding hydrogens is 320 g/mol. The van der Waals surface area contributed by atoms with Gasteiger partial charge in [0.1, 0.15) is 10.3 Å². The van der Waals surface area contributed by atoms with Gasteiger partial charge in [-0.2, -0.15) is 0 Å². The average Bonchev–Trinajstić information content (AvgIpc) is 2.94. The summed E-state index contributed by atoms with van der Waals surface area (Å²) in [4.78, 5) is 24.6. The van der Waals surface area contributed by atoms with Crippen molar-refractivity contribution in [1.82, 2.24) is 0 Å². The van der Waals surface area contributed by atoms with Crippen LogP contribution in [0.15, 0.2) is 35.7 Å². The quantitative estimate of drug-likeness (QED) is 0.801. The van der Waals surface area contributed by atoms with Gasteiger partial charge in [-0.05, 0) is 42.5 Å². The van der Waals surface area contributed by atoms with Gasteiger partial charge in [-0.1, -0.05) is 19.1 Å². The minimum absolute atomic E-state index is 0.251. The van der Waals surface area contributed by atoms with E-state index in [4.69, 9.17) is 11.6 Å². The Balaban J connectivity index is 2.11. The van der Waals surface area contributed by atoms with Crippen LogP contribution in [0.1, 0.15) is 28.6 Å². The van der Waals surface area contributed by atoms with Crippen LogP contribution in [0, 0.1) is 6.92 Å². The minimum Gasteiger partial charge on any atom is -0.323 e. The second kappa shape index (κ2) is 7.42. The number of rotatable bonds is 5. The molecule has 1 heterocycles. The van der Waals surface area contributed by atoms with Crippen LogP contribution >= 0.6 is 22.9 Å². The molecule has 1 atom stereocenters. The largest absolute Gasteiger partial charge is 0.323 e. The van der Waals surface area contributed by atoms with E-state index < -0.39 is 5.38 Å². The van der Waals surface area contributed by atoms with E-state index in [2.05, 4.69) is 10.6 Å². The predicted molar refractivity (Wildman–Crippen MR) is 92.0 cm³/mol. The van der Waals surface area contributed by atoms with Crippen molar-refractivity contribution in [3.8, 4) is 0 Å². The highest BCUT2D eigenvalue weighted by Crippen LogP contribution is 2.24. The van der Waals surface area contributed by atoms with E-state index in [1.165, 1.54) is 11.3 Å². The number of halogens is 1. The van der Waals surface area contributed by atoms with Crippen molar-refractivity contribution in [2.24, 2.45) is 0 Å². The molecule has 0 saturated carbocycles. The van der Waals surface area contributed by atoms with Crippen molar-refractivity contribution in [2.75, 3.05) is 10.6 Å². The molecule has 2 aromatic rings. The summed E-state index contributed by atoms with van der Waals surface area (Å²) in [6.45, 7) is 3.79. The molecule has 0 aliphatic rings. The Morgan fingerprint density at radius 2 is 2.05 bits per heavy atom. The topological polar surface area (TPSA) is 58.2 Å². The summed E-state index contributed by atoms with van der Waals surface area (Å²) in [5.74, 6) is -0.550. The highest BCUT2D eigenvalue weighted by atomic mass is 35.5. The number of thiophene rings is 1. The molecule has 1 unspecified atom stereocenters. The Bertz CT molecular complexity index is 684. The third-order valence-corrected chi connectivity index (χ3v) is 4.47. The SMILES string of the molecule is CCC(Cl)C(=O)Nc1ccsc1C(=O)Nc1cccc(C)c1. The summed E-state index contributed by atoms with van der Waals surface area (Å²) >= 11 is 7.18. The van der Waals surface area contributed by atoms with Crippen LogP contribution in [0.2, 0.25) is 0 Å². The first kappa shape index (κ1) is 16.5. The Labute approximate surface area is 138 Å². The molecule has 1 aromatic heterocycles. The zero-order valence-electron chi connectivity index (χ0n) is 12.4. The zero-order valence-corrected chi connectivity index (χ0v) is 13.9. The number of benzene rings is 1. The first-order valence-electron chi connectivity index (χ1n) is 6.91. The Hall–Kier alpha value is -1.85. The van der Waals surface area contributed by atoms with Crippen LogP contribution in [0.4, 0.5) is 11.4 Å². The summed E-state index contributed by atoms with van der Waals surface area (Å²) in [7, 11) is 0. The minimum atomic E-state index is -0.604. The van der Waals surface area contributed by atoms with Gasteiger partial charge in [0, 0.05) is 5.69 Å². The lowest BCUT2D eigenvalue weighted by Crippen LogP contribution is -2.23. The molecular formula is C16H17ClN2O2S. The van der Waals surface area contributed by atoms with Crippen molar-refractivity contribution in [3.05, 3.63) is 46.2 Å². The molecule has 116 valence electrons. The van der Waals surface area contributed by atoms with Gasteiger partial charge in [0.25, 0.3) is 5.91 Å².